The molecule has 0 saturated carbocycles. The summed E-state index contributed by atoms with van der Waals surface area (Å²) in [6.45, 7) is 0. The van der Waals surface area contributed by atoms with Crippen molar-refractivity contribution in [3.8, 4) is 5.69 Å². The molecule has 0 atom stereocenters. The zero-order valence-corrected chi connectivity index (χ0v) is 28.5. The Balaban J connectivity index is 1.21. The van der Waals surface area contributed by atoms with Gasteiger partial charge in [-0.25, -0.2) is 0 Å². The van der Waals surface area contributed by atoms with Gasteiger partial charge >= 0.3 is 0 Å². The molecule has 8 aromatic carbocycles. The Morgan fingerprint density at radius 3 is 1.90 bits per heavy atom. The monoisotopic (exact) mass is 672 g/mol. The summed E-state index contributed by atoms with van der Waals surface area (Å²) in [6.07, 6.45) is 0. The second-order valence-corrected chi connectivity index (χ2v) is 15.1. The number of thiophene rings is 2. The molecule has 11 rings (SSSR count). The Morgan fingerprint density at radius 1 is 0.380 bits per heavy atom. The first kappa shape index (κ1) is 28.0. The van der Waals surface area contributed by atoms with Gasteiger partial charge in [0.2, 0.25) is 0 Å². The average Bonchev–Trinajstić information content (AvgIpc) is 3.83. The molecular weight excluding hydrogens is 645 g/mol. The number of rotatable bonds is 4. The van der Waals surface area contributed by atoms with Gasteiger partial charge < -0.3 is 9.47 Å². The highest BCUT2D eigenvalue weighted by atomic mass is 32.1. The Labute approximate surface area is 296 Å². The molecule has 4 heteroatoms. The van der Waals surface area contributed by atoms with Crippen LogP contribution in [0.5, 0.6) is 0 Å². The third kappa shape index (κ3) is 4.13. The third-order valence-corrected chi connectivity index (χ3v) is 12.4. The largest absolute Gasteiger partial charge is 0.310 e. The predicted molar refractivity (Wildman–Crippen MR) is 219 cm³/mol. The lowest BCUT2D eigenvalue weighted by Crippen LogP contribution is -2.10. The Bertz CT molecular complexity index is 3110. The summed E-state index contributed by atoms with van der Waals surface area (Å²) in [4.78, 5) is 2.48. The van der Waals surface area contributed by atoms with E-state index < -0.39 is 0 Å². The highest BCUT2D eigenvalue weighted by molar-refractivity contribution is 7.26. The highest BCUT2D eigenvalue weighted by Crippen LogP contribution is 2.47. The summed E-state index contributed by atoms with van der Waals surface area (Å²) in [5.74, 6) is 0. The molecule has 0 aliphatic heterocycles. The first-order valence-corrected chi connectivity index (χ1v) is 18.6. The number of benzene rings is 8. The van der Waals surface area contributed by atoms with Gasteiger partial charge in [-0.05, 0) is 83.6 Å². The van der Waals surface area contributed by atoms with Crippen molar-refractivity contribution >= 4 is 113 Å². The van der Waals surface area contributed by atoms with Gasteiger partial charge in [0.1, 0.15) is 0 Å². The maximum absolute atomic E-state index is 2.48. The summed E-state index contributed by atoms with van der Waals surface area (Å²) in [6, 6.07) is 62.5. The molecule has 0 bridgehead atoms. The van der Waals surface area contributed by atoms with Crippen molar-refractivity contribution in [3.05, 3.63) is 170 Å². The van der Waals surface area contributed by atoms with Crippen molar-refractivity contribution in [1.82, 2.24) is 4.57 Å². The van der Waals surface area contributed by atoms with Crippen molar-refractivity contribution in [1.29, 1.82) is 0 Å². The summed E-state index contributed by atoms with van der Waals surface area (Å²) in [7, 11) is 0. The molecule has 0 radical (unpaired) electrons. The molecule has 2 nitrogen and oxygen atoms in total. The van der Waals surface area contributed by atoms with E-state index in [1.54, 1.807) is 0 Å². The number of anilines is 3. The number of hydrogen-bond donors (Lipinski definition) is 0. The predicted octanol–water partition coefficient (Wildman–Crippen LogP) is 14.1. The van der Waals surface area contributed by atoms with Crippen LogP contribution >= 0.6 is 22.7 Å². The van der Waals surface area contributed by atoms with E-state index in [1.165, 1.54) is 78.6 Å². The molecular formula is C46H28N2S2. The fraction of sp³-hybridized carbons (Fsp3) is 0. The van der Waals surface area contributed by atoms with Gasteiger partial charge in [-0.3, -0.25) is 0 Å². The van der Waals surface area contributed by atoms with Crippen LogP contribution in [0, 0.1) is 0 Å². The molecule has 50 heavy (non-hydrogen) atoms. The number of para-hydroxylation sites is 2. The van der Waals surface area contributed by atoms with E-state index in [2.05, 4.69) is 179 Å². The summed E-state index contributed by atoms with van der Waals surface area (Å²) < 4.78 is 7.62. The Hall–Kier alpha value is -5.94. The molecule has 0 unspecified atom stereocenters. The minimum absolute atomic E-state index is 1.13. The fourth-order valence-electron chi connectivity index (χ4n) is 7.91. The topological polar surface area (TPSA) is 8.17 Å². The van der Waals surface area contributed by atoms with Crippen LogP contribution in [0.25, 0.3) is 78.6 Å². The summed E-state index contributed by atoms with van der Waals surface area (Å²) >= 11 is 3.75. The van der Waals surface area contributed by atoms with Gasteiger partial charge in [0.25, 0.3) is 0 Å². The molecule has 0 aliphatic rings. The van der Waals surface area contributed by atoms with Crippen molar-refractivity contribution in [3.63, 3.8) is 0 Å². The lowest BCUT2D eigenvalue weighted by Gasteiger charge is -2.27. The summed E-state index contributed by atoms with van der Waals surface area (Å²) in [5, 5.41) is 10.3. The van der Waals surface area contributed by atoms with Crippen molar-refractivity contribution in [2.45, 2.75) is 0 Å². The number of fused-ring (bicyclic) bond motifs is 10. The van der Waals surface area contributed by atoms with Crippen molar-refractivity contribution in [2.24, 2.45) is 0 Å². The van der Waals surface area contributed by atoms with Gasteiger partial charge in [-0.2, -0.15) is 0 Å². The maximum atomic E-state index is 2.48. The van der Waals surface area contributed by atoms with Gasteiger partial charge in [0.05, 0.1) is 16.7 Å². The summed E-state index contributed by atoms with van der Waals surface area (Å²) in [5.41, 5.74) is 7.03. The minimum atomic E-state index is 1.13. The van der Waals surface area contributed by atoms with Crippen molar-refractivity contribution < 1.29 is 0 Å². The van der Waals surface area contributed by atoms with Crippen LogP contribution in [0.1, 0.15) is 0 Å². The lowest BCUT2D eigenvalue weighted by atomic mass is 10.0. The molecule has 3 aromatic heterocycles. The highest BCUT2D eigenvalue weighted by Gasteiger charge is 2.21. The van der Waals surface area contributed by atoms with Gasteiger partial charge in [0, 0.05) is 68.2 Å². The van der Waals surface area contributed by atoms with Gasteiger partial charge in [-0.1, -0.05) is 97.1 Å². The normalized spacial score (nSPS) is 12.0. The second kappa shape index (κ2) is 10.8. The van der Waals surface area contributed by atoms with Crippen LogP contribution in [-0.4, -0.2) is 4.57 Å². The van der Waals surface area contributed by atoms with Crippen LogP contribution in [0.2, 0.25) is 0 Å². The minimum Gasteiger partial charge on any atom is -0.310 e. The first-order chi connectivity index (χ1) is 24.8. The van der Waals surface area contributed by atoms with Gasteiger partial charge in [-0.15, -0.1) is 22.7 Å². The van der Waals surface area contributed by atoms with Crippen molar-refractivity contribution in [2.75, 3.05) is 4.90 Å². The molecule has 0 spiro atoms. The fourth-order valence-corrected chi connectivity index (χ4v) is 10.2. The lowest BCUT2D eigenvalue weighted by molar-refractivity contribution is 1.18. The Morgan fingerprint density at radius 2 is 1.02 bits per heavy atom. The number of nitrogens with zero attached hydrogens (tertiary/aromatic N) is 2. The molecule has 0 fully saturated rings. The molecule has 3 heterocycles. The quantitative estimate of drug-likeness (QED) is 0.181. The van der Waals surface area contributed by atoms with E-state index >= 15 is 0 Å². The van der Waals surface area contributed by atoms with E-state index in [1.807, 2.05) is 22.7 Å². The van der Waals surface area contributed by atoms with E-state index in [0.717, 1.165) is 17.1 Å². The SMILES string of the molecule is c1ccc(-n2c3ccccc3c3ccc(N(c4ccc5c(c4)sc4cc6ccccc6cc45)c4cccc5sc6ccccc6c45)cc32)cc1. The van der Waals surface area contributed by atoms with Gasteiger partial charge in [0.15, 0.2) is 0 Å². The molecule has 0 saturated heterocycles. The Kier molecular flexibility index (Phi) is 6.03. The first-order valence-electron chi connectivity index (χ1n) is 16.9. The molecule has 11 aromatic rings. The molecule has 0 aliphatic carbocycles. The average molecular weight is 673 g/mol. The van der Waals surface area contributed by atoms with E-state index in [9.17, 15) is 0 Å². The zero-order valence-electron chi connectivity index (χ0n) is 26.9. The zero-order chi connectivity index (χ0) is 32.8. The molecule has 0 amide bonds. The molecule has 234 valence electrons. The standard InChI is InChI=1S/C46H28N2S2/c1-2-13-31(14-3-1)48-39-17-8-6-15-34(39)35-23-21-32(27-41(35)48)47(40-18-10-20-43-46(40)37-16-7-9-19-42(37)49-43)33-22-24-36-38-25-29-11-4-5-12-30(29)26-44(38)50-45(36)28-33/h1-28H. The molecule has 0 N–H and O–H groups in total. The van der Waals surface area contributed by atoms with Crippen LogP contribution in [0.4, 0.5) is 17.1 Å². The van der Waals surface area contributed by atoms with Crippen LogP contribution in [0.15, 0.2) is 170 Å². The smallest absolute Gasteiger partial charge is 0.0561 e. The number of aromatic nitrogens is 1. The van der Waals surface area contributed by atoms with E-state index in [0.29, 0.717) is 0 Å². The van der Waals surface area contributed by atoms with Crippen LogP contribution in [-0.2, 0) is 0 Å². The van der Waals surface area contributed by atoms with E-state index in [4.69, 9.17) is 0 Å². The second-order valence-electron chi connectivity index (χ2n) is 13.0. The van der Waals surface area contributed by atoms with Crippen LogP contribution in [0.3, 0.4) is 0 Å². The third-order valence-electron chi connectivity index (χ3n) is 10.1. The van der Waals surface area contributed by atoms with E-state index in [-0.39, 0.29) is 0 Å². The van der Waals surface area contributed by atoms with Crippen LogP contribution < -0.4 is 4.90 Å². The maximum Gasteiger partial charge on any atom is 0.0561 e. The number of hydrogen-bond acceptors (Lipinski definition) is 3.